The lowest BCUT2D eigenvalue weighted by Gasteiger charge is -2.37. The molecule has 0 unspecified atom stereocenters. The van der Waals surface area contributed by atoms with E-state index in [-0.39, 0.29) is 23.2 Å². The molecule has 4 heteroatoms. The van der Waals surface area contributed by atoms with Gasteiger partial charge in [-0.15, -0.1) is 0 Å². The first kappa shape index (κ1) is 19.9. The number of ether oxygens (including phenoxy) is 1. The number of esters is 1. The highest BCUT2D eigenvalue weighted by atomic mass is 19.1. The fourth-order valence-corrected chi connectivity index (χ4v) is 5.03. The Morgan fingerprint density at radius 1 is 1.11 bits per heavy atom. The highest BCUT2D eigenvalue weighted by Crippen LogP contribution is 2.42. The first-order valence-corrected chi connectivity index (χ1v) is 10.5. The van der Waals surface area contributed by atoms with Gasteiger partial charge in [-0.2, -0.15) is 5.26 Å². The number of benzene rings is 1. The number of hydrogen-bond acceptors (Lipinski definition) is 3. The van der Waals surface area contributed by atoms with Crippen LogP contribution in [0.4, 0.5) is 4.39 Å². The second-order valence-corrected chi connectivity index (χ2v) is 8.36. The summed E-state index contributed by atoms with van der Waals surface area (Å²) >= 11 is 0. The van der Waals surface area contributed by atoms with Gasteiger partial charge in [0.05, 0.1) is 11.5 Å². The van der Waals surface area contributed by atoms with Crippen LogP contribution in [0.15, 0.2) is 18.2 Å². The minimum Gasteiger partial charge on any atom is -0.426 e. The summed E-state index contributed by atoms with van der Waals surface area (Å²) in [6.07, 6.45) is 12.1. The molecule has 3 nitrogen and oxygen atoms in total. The highest BCUT2D eigenvalue weighted by Gasteiger charge is 2.33. The van der Waals surface area contributed by atoms with E-state index in [1.807, 2.05) is 0 Å². The van der Waals surface area contributed by atoms with E-state index in [9.17, 15) is 9.18 Å². The fraction of sp³-hybridized carbons (Fsp3) is 0.652. The van der Waals surface area contributed by atoms with Gasteiger partial charge < -0.3 is 4.74 Å². The fourth-order valence-electron chi connectivity index (χ4n) is 5.03. The molecule has 0 radical (unpaired) electrons. The number of nitrogens with zero attached hydrogens (tertiary/aromatic N) is 1. The maximum absolute atomic E-state index is 13.7. The Bertz CT molecular complexity index is 680. The standard InChI is InChI=1S/C23H30FNO2/c1-2-3-16-4-6-17(7-5-16)18-8-10-19(11-9-18)23(26)27-21-13-12-20(15-25)22(24)14-21/h12-14,16-19H,2-11H2,1H3. The summed E-state index contributed by atoms with van der Waals surface area (Å²) in [4.78, 5) is 12.4. The Labute approximate surface area is 161 Å². The van der Waals surface area contributed by atoms with Crippen LogP contribution in [0, 0.1) is 40.8 Å². The van der Waals surface area contributed by atoms with Gasteiger partial charge in [0.25, 0.3) is 0 Å². The normalized spacial score (nSPS) is 28.3. The molecule has 1 aromatic rings. The van der Waals surface area contributed by atoms with E-state index in [1.54, 1.807) is 6.07 Å². The molecule has 0 aromatic heterocycles. The average molecular weight is 371 g/mol. The van der Waals surface area contributed by atoms with Crippen LogP contribution < -0.4 is 4.74 Å². The molecule has 2 aliphatic rings. The van der Waals surface area contributed by atoms with Crippen molar-refractivity contribution < 1.29 is 13.9 Å². The molecule has 0 spiro atoms. The molecule has 0 amide bonds. The summed E-state index contributed by atoms with van der Waals surface area (Å²) in [7, 11) is 0. The molecule has 3 rings (SSSR count). The lowest BCUT2D eigenvalue weighted by molar-refractivity contribution is -0.140. The number of carbonyl (C=O) groups is 1. The molecule has 2 fully saturated rings. The van der Waals surface area contributed by atoms with Crippen molar-refractivity contribution in [1.29, 1.82) is 5.26 Å². The molecule has 2 aliphatic carbocycles. The molecular weight excluding hydrogens is 341 g/mol. The predicted octanol–water partition coefficient (Wildman–Crippen LogP) is 6.02. The third kappa shape index (κ3) is 5.09. The van der Waals surface area contributed by atoms with E-state index in [0.717, 1.165) is 49.5 Å². The zero-order valence-electron chi connectivity index (χ0n) is 16.3. The molecular formula is C23H30FNO2. The van der Waals surface area contributed by atoms with Gasteiger partial charge in [-0.3, -0.25) is 4.79 Å². The summed E-state index contributed by atoms with van der Waals surface area (Å²) in [5, 5.41) is 8.77. The number of hydrogen-bond donors (Lipinski definition) is 0. The smallest absolute Gasteiger partial charge is 0.314 e. The summed E-state index contributed by atoms with van der Waals surface area (Å²) in [6.45, 7) is 2.28. The summed E-state index contributed by atoms with van der Waals surface area (Å²) in [5.41, 5.74) is -0.0380. The number of halogens is 1. The zero-order valence-corrected chi connectivity index (χ0v) is 16.3. The van der Waals surface area contributed by atoms with Crippen LogP contribution in [0.5, 0.6) is 5.75 Å². The lowest BCUT2D eigenvalue weighted by atomic mass is 9.69. The third-order valence-electron chi connectivity index (χ3n) is 6.64. The molecule has 1 aromatic carbocycles. The molecule has 0 aliphatic heterocycles. The van der Waals surface area contributed by atoms with Crippen molar-refractivity contribution in [2.24, 2.45) is 23.7 Å². The van der Waals surface area contributed by atoms with Crippen LogP contribution in [-0.2, 0) is 4.79 Å². The van der Waals surface area contributed by atoms with E-state index in [4.69, 9.17) is 10.00 Å². The van der Waals surface area contributed by atoms with Crippen LogP contribution in [0.25, 0.3) is 0 Å². The second-order valence-electron chi connectivity index (χ2n) is 8.36. The second kappa shape index (κ2) is 9.35. The van der Waals surface area contributed by atoms with E-state index >= 15 is 0 Å². The molecule has 0 atom stereocenters. The predicted molar refractivity (Wildman–Crippen MR) is 103 cm³/mol. The largest absolute Gasteiger partial charge is 0.426 e. The molecule has 2 saturated carbocycles. The summed E-state index contributed by atoms with van der Waals surface area (Å²) in [6, 6.07) is 5.73. The van der Waals surface area contributed by atoms with Gasteiger partial charge in [0, 0.05) is 6.07 Å². The number of nitriles is 1. The van der Waals surface area contributed by atoms with Crippen molar-refractivity contribution in [3.8, 4) is 11.8 Å². The van der Waals surface area contributed by atoms with Crippen molar-refractivity contribution in [3.05, 3.63) is 29.6 Å². The van der Waals surface area contributed by atoms with Gasteiger partial charge in [-0.25, -0.2) is 4.39 Å². The van der Waals surface area contributed by atoms with Gasteiger partial charge in [-0.05, 0) is 68.4 Å². The number of rotatable bonds is 5. The molecule has 27 heavy (non-hydrogen) atoms. The quantitative estimate of drug-likeness (QED) is 0.470. The van der Waals surface area contributed by atoms with Crippen LogP contribution in [-0.4, -0.2) is 5.97 Å². The van der Waals surface area contributed by atoms with Gasteiger partial charge >= 0.3 is 5.97 Å². The molecule has 0 saturated heterocycles. The minimum absolute atomic E-state index is 0.0380. The van der Waals surface area contributed by atoms with E-state index in [0.29, 0.717) is 0 Å². The van der Waals surface area contributed by atoms with E-state index in [2.05, 4.69) is 6.92 Å². The molecule has 0 heterocycles. The molecule has 0 N–H and O–H groups in total. The van der Waals surface area contributed by atoms with Crippen LogP contribution in [0.3, 0.4) is 0 Å². The van der Waals surface area contributed by atoms with Gasteiger partial charge in [0.1, 0.15) is 17.6 Å². The van der Waals surface area contributed by atoms with Crippen molar-refractivity contribution >= 4 is 5.97 Å². The van der Waals surface area contributed by atoms with Crippen LogP contribution in [0.1, 0.15) is 76.7 Å². The van der Waals surface area contributed by atoms with Gasteiger partial charge in [-0.1, -0.05) is 32.6 Å². The molecule has 0 bridgehead atoms. The third-order valence-corrected chi connectivity index (χ3v) is 6.64. The minimum atomic E-state index is -0.648. The molecule has 146 valence electrons. The first-order valence-electron chi connectivity index (χ1n) is 10.5. The van der Waals surface area contributed by atoms with Gasteiger partial charge in [0.15, 0.2) is 0 Å². The Morgan fingerprint density at radius 3 is 2.30 bits per heavy atom. The van der Waals surface area contributed by atoms with Crippen molar-refractivity contribution in [2.75, 3.05) is 0 Å². The van der Waals surface area contributed by atoms with Gasteiger partial charge in [0.2, 0.25) is 0 Å². The Balaban J connectivity index is 1.46. The highest BCUT2D eigenvalue weighted by molar-refractivity contribution is 5.75. The van der Waals surface area contributed by atoms with Crippen molar-refractivity contribution in [3.63, 3.8) is 0 Å². The summed E-state index contributed by atoms with van der Waals surface area (Å²) in [5.74, 6) is 1.72. The van der Waals surface area contributed by atoms with Crippen LogP contribution in [0.2, 0.25) is 0 Å². The Morgan fingerprint density at radius 2 is 1.74 bits per heavy atom. The average Bonchev–Trinajstić information content (AvgIpc) is 2.69. The maximum Gasteiger partial charge on any atom is 0.314 e. The SMILES string of the molecule is CCCC1CCC(C2CCC(C(=O)Oc3ccc(C#N)c(F)c3)CC2)CC1. The number of carbonyl (C=O) groups excluding carboxylic acids is 1. The van der Waals surface area contributed by atoms with E-state index in [1.165, 1.54) is 50.7 Å². The monoisotopic (exact) mass is 371 g/mol. The maximum atomic E-state index is 13.7. The zero-order chi connectivity index (χ0) is 19.2. The van der Waals surface area contributed by atoms with E-state index < -0.39 is 5.82 Å². The lowest BCUT2D eigenvalue weighted by Crippen LogP contribution is -2.30. The summed E-state index contributed by atoms with van der Waals surface area (Å²) < 4.78 is 19.0. The first-order chi connectivity index (χ1) is 13.1. The Hall–Kier alpha value is -1.89. The van der Waals surface area contributed by atoms with Crippen molar-refractivity contribution in [1.82, 2.24) is 0 Å². The van der Waals surface area contributed by atoms with Crippen LogP contribution >= 0.6 is 0 Å². The van der Waals surface area contributed by atoms with Crippen molar-refractivity contribution in [2.45, 2.75) is 71.1 Å². The topological polar surface area (TPSA) is 50.1 Å². The Kier molecular flexibility index (Phi) is 6.88.